The summed E-state index contributed by atoms with van der Waals surface area (Å²) in [6, 6.07) is 5.48. The monoisotopic (exact) mass is 267 g/mol. The number of rotatable bonds is 2. The fourth-order valence-electron chi connectivity index (χ4n) is 2.14. The molecule has 1 amide bonds. The molecule has 18 heavy (non-hydrogen) atoms. The van der Waals surface area contributed by atoms with E-state index in [1.165, 1.54) is 0 Å². The van der Waals surface area contributed by atoms with Gasteiger partial charge in [0, 0.05) is 30.3 Å². The molecular weight excluding hydrogens is 250 g/mol. The highest BCUT2D eigenvalue weighted by Gasteiger charge is 2.37. The van der Waals surface area contributed by atoms with Crippen LogP contribution in [0, 0.1) is 0 Å². The Kier molecular flexibility index (Phi) is 3.50. The molecule has 0 unspecified atom stereocenters. The number of carbonyl (C=O) groups is 1. The van der Waals surface area contributed by atoms with Gasteiger partial charge in [0.1, 0.15) is 0 Å². The zero-order valence-electron chi connectivity index (χ0n) is 10.7. The summed E-state index contributed by atoms with van der Waals surface area (Å²) in [6.45, 7) is 6.00. The molecule has 0 spiro atoms. The van der Waals surface area contributed by atoms with Crippen LogP contribution in [0.2, 0.25) is 5.02 Å². The minimum Gasteiger partial charge on any atom is -0.398 e. The average molecular weight is 268 g/mol. The van der Waals surface area contributed by atoms with Gasteiger partial charge < -0.3 is 11.1 Å². The number of piperazine rings is 1. The molecule has 5 heteroatoms. The van der Waals surface area contributed by atoms with E-state index in [0.29, 0.717) is 23.8 Å². The van der Waals surface area contributed by atoms with Crippen LogP contribution in [0.25, 0.3) is 0 Å². The van der Waals surface area contributed by atoms with Gasteiger partial charge in [0.2, 0.25) is 5.91 Å². The minimum absolute atomic E-state index is 0.0567. The standard InChI is InChI=1S/C13H18ClN3O/c1-13(2)12(18)16-5-6-17(13)8-9-3-4-10(14)7-11(9)15/h3-4,7H,5-6,8,15H2,1-2H3,(H,16,18). The first-order chi connectivity index (χ1) is 8.41. The second kappa shape index (κ2) is 4.78. The second-order valence-corrected chi connectivity index (χ2v) is 5.52. The van der Waals surface area contributed by atoms with Crippen molar-refractivity contribution in [1.82, 2.24) is 10.2 Å². The smallest absolute Gasteiger partial charge is 0.240 e. The minimum atomic E-state index is -0.510. The molecule has 0 saturated carbocycles. The number of amides is 1. The van der Waals surface area contributed by atoms with E-state index in [1.54, 1.807) is 6.07 Å². The summed E-state index contributed by atoms with van der Waals surface area (Å²) >= 11 is 5.88. The van der Waals surface area contributed by atoms with Crippen LogP contribution in [0.5, 0.6) is 0 Å². The Balaban J connectivity index is 2.20. The van der Waals surface area contributed by atoms with Gasteiger partial charge in [-0.05, 0) is 31.5 Å². The van der Waals surface area contributed by atoms with Crippen LogP contribution in [0.3, 0.4) is 0 Å². The normalized spacial score (nSPS) is 19.6. The molecule has 0 aromatic heterocycles. The predicted octanol–water partition coefficient (Wildman–Crippen LogP) is 1.63. The Labute approximate surface area is 112 Å². The summed E-state index contributed by atoms with van der Waals surface area (Å²) in [5.74, 6) is 0.0567. The first-order valence-corrected chi connectivity index (χ1v) is 6.36. The molecular formula is C13H18ClN3O. The van der Waals surface area contributed by atoms with E-state index in [4.69, 9.17) is 17.3 Å². The predicted molar refractivity (Wildman–Crippen MR) is 73.4 cm³/mol. The summed E-state index contributed by atoms with van der Waals surface area (Å²) in [5, 5.41) is 3.51. The van der Waals surface area contributed by atoms with Crippen molar-refractivity contribution in [2.24, 2.45) is 0 Å². The number of hydrogen-bond acceptors (Lipinski definition) is 3. The molecule has 0 atom stereocenters. The zero-order valence-corrected chi connectivity index (χ0v) is 11.4. The third-order valence-electron chi connectivity index (χ3n) is 3.48. The van der Waals surface area contributed by atoms with E-state index in [9.17, 15) is 4.79 Å². The van der Waals surface area contributed by atoms with E-state index in [-0.39, 0.29) is 5.91 Å². The van der Waals surface area contributed by atoms with Crippen LogP contribution >= 0.6 is 11.6 Å². The Morgan fingerprint density at radius 3 is 2.89 bits per heavy atom. The molecule has 0 aliphatic carbocycles. The maximum Gasteiger partial charge on any atom is 0.240 e. The van der Waals surface area contributed by atoms with E-state index in [0.717, 1.165) is 12.1 Å². The summed E-state index contributed by atoms with van der Waals surface area (Å²) in [6.07, 6.45) is 0. The van der Waals surface area contributed by atoms with Crippen molar-refractivity contribution in [3.05, 3.63) is 28.8 Å². The molecule has 2 rings (SSSR count). The topological polar surface area (TPSA) is 58.4 Å². The molecule has 1 fully saturated rings. The first-order valence-electron chi connectivity index (χ1n) is 5.98. The average Bonchev–Trinajstić information content (AvgIpc) is 2.28. The van der Waals surface area contributed by atoms with Crippen LogP contribution in [0.4, 0.5) is 5.69 Å². The quantitative estimate of drug-likeness (QED) is 0.801. The highest BCUT2D eigenvalue weighted by molar-refractivity contribution is 6.30. The number of anilines is 1. The molecule has 1 heterocycles. The zero-order chi connectivity index (χ0) is 13.3. The summed E-state index contributed by atoms with van der Waals surface area (Å²) in [5.41, 5.74) is 7.11. The van der Waals surface area contributed by atoms with Gasteiger partial charge in [-0.25, -0.2) is 0 Å². The highest BCUT2D eigenvalue weighted by Crippen LogP contribution is 2.24. The molecule has 1 aliphatic rings. The highest BCUT2D eigenvalue weighted by atomic mass is 35.5. The molecule has 1 aromatic rings. The van der Waals surface area contributed by atoms with Crippen molar-refractivity contribution in [3.8, 4) is 0 Å². The Morgan fingerprint density at radius 2 is 2.22 bits per heavy atom. The van der Waals surface area contributed by atoms with Gasteiger partial charge in [-0.3, -0.25) is 9.69 Å². The van der Waals surface area contributed by atoms with Crippen molar-refractivity contribution >= 4 is 23.2 Å². The van der Waals surface area contributed by atoms with Crippen molar-refractivity contribution in [1.29, 1.82) is 0 Å². The molecule has 1 aliphatic heterocycles. The summed E-state index contributed by atoms with van der Waals surface area (Å²) in [7, 11) is 0. The number of hydrogen-bond donors (Lipinski definition) is 2. The second-order valence-electron chi connectivity index (χ2n) is 5.08. The van der Waals surface area contributed by atoms with Gasteiger partial charge in [0.05, 0.1) is 5.54 Å². The van der Waals surface area contributed by atoms with Gasteiger partial charge in [0.25, 0.3) is 0 Å². The lowest BCUT2D eigenvalue weighted by Gasteiger charge is -2.41. The van der Waals surface area contributed by atoms with Gasteiger partial charge in [-0.1, -0.05) is 17.7 Å². The fourth-order valence-corrected chi connectivity index (χ4v) is 2.32. The van der Waals surface area contributed by atoms with Crippen molar-refractivity contribution in [3.63, 3.8) is 0 Å². The molecule has 98 valence electrons. The van der Waals surface area contributed by atoms with Gasteiger partial charge in [-0.15, -0.1) is 0 Å². The number of nitrogen functional groups attached to an aromatic ring is 1. The van der Waals surface area contributed by atoms with Gasteiger partial charge in [0.15, 0.2) is 0 Å². The van der Waals surface area contributed by atoms with Crippen LogP contribution in [-0.2, 0) is 11.3 Å². The largest absolute Gasteiger partial charge is 0.398 e. The van der Waals surface area contributed by atoms with Crippen LogP contribution in [0.1, 0.15) is 19.4 Å². The fraction of sp³-hybridized carbons (Fsp3) is 0.462. The van der Waals surface area contributed by atoms with Gasteiger partial charge >= 0.3 is 0 Å². The first kappa shape index (κ1) is 13.2. The Morgan fingerprint density at radius 1 is 1.50 bits per heavy atom. The molecule has 1 aromatic carbocycles. The number of nitrogens with one attached hydrogen (secondary N) is 1. The lowest BCUT2D eigenvalue weighted by Crippen LogP contribution is -2.61. The van der Waals surface area contributed by atoms with Crippen LogP contribution < -0.4 is 11.1 Å². The summed E-state index contributed by atoms with van der Waals surface area (Å²) < 4.78 is 0. The number of halogens is 1. The molecule has 0 radical (unpaired) electrons. The van der Waals surface area contributed by atoms with Crippen molar-refractivity contribution in [2.45, 2.75) is 25.9 Å². The van der Waals surface area contributed by atoms with Crippen molar-refractivity contribution in [2.75, 3.05) is 18.8 Å². The molecule has 4 nitrogen and oxygen atoms in total. The van der Waals surface area contributed by atoms with E-state index >= 15 is 0 Å². The SMILES string of the molecule is CC1(C)C(=O)NCCN1Cc1ccc(Cl)cc1N. The van der Waals surface area contributed by atoms with Crippen LogP contribution in [0.15, 0.2) is 18.2 Å². The number of carbonyl (C=O) groups excluding carboxylic acids is 1. The maximum atomic E-state index is 11.9. The van der Waals surface area contributed by atoms with E-state index < -0.39 is 5.54 Å². The number of nitrogens with two attached hydrogens (primary N) is 1. The molecule has 1 saturated heterocycles. The maximum absolute atomic E-state index is 11.9. The van der Waals surface area contributed by atoms with E-state index in [1.807, 2.05) is 26.0 Å². The lowest BCUT2D eigenvalue weighted by molar-refractivity contribution is -0.135. The molecule has 0 bridgehead atoms. The van der Waals surface area contributed by atoms with Gasteiger partial charge in [-0.2, -0.15) is 0 Å². The van der Waals surface area contributed by atoms with Crippen LogP contribution in [-0.4, -0.2) is 29.4 Å². The number of nitrogens with zero attached hydrogens (tertiary/aromatic N) is 1. The summed E-state index contributed by atoms with van der Waals surface area (Å²) in [4.78, 5) is 14.0. The Hall–Kier alpha value is -1.26. The Bertz CT molecular complexity index is 473. The van der Waals surface area contributed by atoms with E-state index in [2.05, 4.69) is 10.2 Å². The third kappa shape index (κ3) is 2.44. The lowest BCUT2D eigenvalue weighted by atomic mass is 9.97. The third-order valence-corrected chi connectivity index (χ3v) is 3.72. The number of benzene rings is 1. The molecule has 3 N–H and O–H groups in total. The van der Waals surface area contributed by atoms with Crippen molar-refractivity contribution < 1.29 is 4.79 Å².